The van der Waals surface area contributed by atoms with Crippen molar-refractivity contribution in [2.45, 2.75) is 13.0 Å². The number of hydrogen-bond donors (Lipinski definition) is 4. The van der Waals surface area contributed by atoms with E-state index in [-0.39, 0.29) is 23.7 Å². The Labute approximate surface area is 209 Å². The molecule has 0 aromatic heterocycles. The van der Waals surface area contributed by atoms with Gasteiger partial charge in [-0.05, 0) is 54.1 Å². The lowest BCUT2D eigenvalue weighted by Crippen LogP contribution is -2.23. The Balaban J connectivity index is 1.83. The number of rotatable bonds is 8. The highest BCUT2D eigenvalue weighted by Crippen LogP contribution is 2.50. The largest absolute Gasteiger partial charge is 0.508 e. The van der Waals surface area contributed by atoms with Gasteiger partial charge in [0.2, 0.25) is 0 Å². The van der Waals surface area contributed by atoms with Gasteiger partial charge in [0, 0.05) is 45.3 Å². The van der Waals surface area contributed by atoms with Gasteiger partial charge in [-0.15, -0.1) is 11.8 Å². The smallest absolute Gasteiger partial charge is 0.264 e. The van der Waals surface area contributed by atoms with Crippen molar-refractivity contribution in [3.8, 4) is 11.5 Å². The minimum Gasteiger partial charge on any atom is -0.508 e. The second-order valence-electron chi connectivity index (χ2n) is 7.92. The molecular weight excluding hydrogens is 490 g/mol. The summed E-state index contributed by atoms with van der Waals surface area (Å²) in [5.41, 5.74) is 5.39. The van der Waals surface area contributed by atoms with Gasteiger partial charge in [-0.3, -0.25) is 4.55 Å². The minimum atomic E-state index is -4.02. The molecule has 0 fully saturated rings. The van der Waals surface area contributed by atoms with Crippen molar-refractivity contribution in [2.24, 2.45) is 0 Å². The third kappa shape index (κ3) is 5.55. The van der Waals surface area contributed by atoms with Crippen molar-refractivity contribution in [3.05, 3.63) is 88.3 Å². The minimum absolute atomic E-state index is 0.120. The van der Waals surface area contributed by atoms with Crippen LogP contribution in [0.25, 0.3) is 5.57 Å². The number of phenols is 2. The lowest BCUT2D eigenvalue weighted by atomic mass is 9.89. The van der Waals surface area contributed by atoms with Gasteiger partial charge in [0.15, 0.2) is 0 Å². The Morgan fingerprint density at radius 2 is 1.50 bits per heavy atom. The maximum absolute atomic E-state index is 11.1. The lowest BCUT2D eigenvalue weighted by Gasteiger charge is -2.36. The number of thioether (sulfide) groups is 1. The zero-order valence-corrected chi connectivity index (χ0v) is 20.8. The summed E-state index contributed by atoms with van der Waals surface area (Å²) in [5, 5.41) is 20.7. The molecule has 34 heavy (non-hydrogen) atoms. The van der Waals surface area contributed by atoms with Crippen molar-refractivity contribution in [1.82, 2.24) is 0 Å². The summed E-state index contributed by atoms with van der Waals surface area (Å²) in [5.74, 6) is 0.780. The van der Waals surface area contributed by atoms with Gasteiger partial charge in [0.25, 0.3) is 10.1 Å². The van der Waals surface area contributed by atoms with Gasteiger partial charge in [0.1, 0.15) is 11.5 Å². The van der Waals surface area contributed by atoms with Crippen LogP contribution in [-0.2, 0) is 16.7 Å². The van der Waals surface area contributed by atoms with Crippen molar-refractivity contribution in [2.75, 3.05) is 22.2 Å². The average Bonchev–Trinajstić information content (AvgIpc) is 2.80. The van der Waals surface area contributed by atoms with Crippen molar-refractivity contribution in [1.29, 1.82) is 0 Å². The summed E-state index contributed by atoms with van der Waals surface area (Å²) in [6.07, 6.45) is 0.286. The van der Waals surface area contributed by atoms with Crippen molar-refractivity contribution < 1.29 is 23.2 Å². The van der Waals surface area contributed by atoms with Crippen LogP contribution >= 0.6 is 24.4 Å². The first-order valence-corrected chi connectivity index (χ1v) is 13.9. The number of phenolic OH excluding ortho intramolecular Hbond substituents is 2. The van der Waals surface area contributed by atoms with Crippen molar-refractivity contribution >= 4 is 51.5 Å². The molecule has 0 atom stereocenters. The van der Waals surface area contributed by atoms with E-state index in [1.165, 1.54) is 11.8 Å². The third-order valence-corrected chi connectivity index (χ3v) is 8.03. The monoisotopic (exact) mass is 515 g/mol. The number of aromatic hydroxyl groups is 2. The maximum Gasteiger partial charge on any atom is 0.264 e. The highest BCUT2D eigenvalue weighted by molar-refractivity contribution is 8.04. The number of benzene rings is 3. The fourth-order valence-corrected chi connectivity index (χ4v) is 6.18. The third-order valence-electron chi connectivity index (χ3n) is 5.51. The highest BCUT2D eigenvalue weighted by atomic mass is 32.2. The normalized spacial score (nSPS) is 12.9. The van der Waals surface area contributed by atoms with E-state index >= 15 is 0 Å². The summed E-state index contributed by atoms with van der Waals surface area (Å²) in [6.45, 7) is 0.599. The number of hydrogen-bond acceptors (Lipinski definition) is 7. The molecule has 1 heterocycles. The first kappa shape index (κ1) is 24.5. The molecule has 1 aliphatic heterocycles. The van der Waals surface area contributed by atoms with E-state index in [4.69, 9.17) is 4.55 Å². The van der Waals surface area contributed by atoms with Gasteiger partial charge >= 0.3 is 0 Å². The molecule has 0 saturated carbocycles. The second-order valence-corrected chi connectivity index (χ2v) is 11.0. The van der Waals surface area contributed by atoms with Crippen LogP contribution in [0.15, 0.2) is 71.6 Å². The zero-order valence-electron chi connectivity index (χ0n) is 18.3. The molecule has 3 aromatic carbocycles. The maximum atomic E-state index is 11.1. The van der Waals surface area contributed by atoms with E-state index in [0.717, 1.165) is 38.5 Å². The number of anilines is 2. The van der Waals surface area contributed by atoms with E-state index < -0.39 is 10.1 Å². The molecule has 0 spiro atoms. The van der Waals surface area contributed by atoms with Crippen LogP contribution in [0.2, 0.25) is 0 Å². The van der Waals surface area contributed by atoms with E-state index in [2.05, 4.69) is 29.7 Å². The summed E-state index contributed by atoms with van der Waals surface area (Å²) >= 11 is 6.00. The number of fused-ring (bicyclic) bond motifs is 2. The van der Waals surface area contributed by atoms with E-state index in [0.29, 0.717) is 18.1 Å². The Kier molecular flexibility index (Phi) is 7.47. The fourth-order valence-electron chi connectivity index (χ4n) is 4.06. The van der Waals surface area contributed by atoms with Crippen LogP contribution < -0.4 is 4.90 Å². The van der Waals surface area contributed by atoms with Gasteiger partial charge < -0.3 is 15.1 Å². The molecule has 1 aliphatic rings. The van der Waals surface area contributed by atoms with E-state index in [9.17, 15) is 18.6 Å². The quantitative estimate of drug-likeness (QED) is 0.180. The summed E-state index contributed by atoms with van der Waals surface area (Å²) in [4.78, 5) is 3.04. The van der Waals surface area contributed by atoms with Crippen molar-refractivity contribution in [3.63, 3.8) is 0 Å². The SMILES string of the molecule is O=S(=O)(O)CCCSC(CS)=C1c2cc(O)ccc2N(Cc2ccccc2)c2ccc(O)cc21. The van der Waals surface area contributed by atoms with Gasteiger partial charge in [-0.25, -0.2) is 0 Å². The fraction of sp³-hybridized carbons (Fsp3) is 0.200. The van der Waals surface area contributed by atoms with E-state index in [1.807, 2.05) is 30.3 Å². The van der Waals surface area contributed by atoms with Crippen LogP contribution in [0, 0.1) is 0 Å². The Morgan fingerprint density at radius 3 is 2.03 bits per heavy atom. The van der Waals surface area contributed by atoms with Crippen LogP contribution in [0.5, 0.6) is 11.5 Å². The molecule has 0 amide bonds. The van der Waals surface area contributed by atoms with Crippen LogP contribution in [0.3, 0.4) is 0 Å². The first-order chi connectivity index (χ1) is 16.3. The van der Waals surface area contributed by atoms with Crippen LogP contribution in [0.4, 0.5) is 11.4 Å². The molecule has 4 rings (SSSR count). The highest BCUT2D eigenvalue weighted by Gasteiger charge is 2.29. The van der Waals surface area contributed by atoms with Gasteiger partial charge in [0.05, 0.1) is 5.75 Å². The summed E-state index contributed by atoms with van der Waals surface area (Å²) in [7, 11) is -4.02. The average molecular weight is 516 g/mol. The van der Waals surface area contributed by atoms with Gasteiger partial charge in [-0.1, -0.05) is 30.3 Å². The molecule has 3 aromatic rings. The van der Waals surface area contributed by atoms with E-state index in [1.54, 1.807) is 24.3 Å². The standard InChI is InChI=1S/C25H25NO5S3/c27-18-7-9-22-20(13-18)25(24(16-32)33-11-4-12-34(29,30)31)21-14-19(28)8-10-23(21)26(22)15-17-5-2-1-3-6-17/h1-3,5-10,13-14,27-28,32H,4,11-12,15-16H2,(H,29,30,31). The predicted molar refractivity (Wildman–Crippen MR) is 142 cm³/mol. The molecule has 0 aliphatic carbocycles. The molecule has 0 saturated heterocycles. The Bertz CT molecular complexity index is 1270. The molecule has 6 nitrogen and oxygen atoms in total. The molecule has 0 radical (unpaired) electrons. The molecule has 0 bridgehead atoms. The van der Waals surface area contributed by atoms with Crippen LogP contribution in [-0.4, -0.2) is 40.4 Å². The topological polar surface area (TPSA) is 98.1 Å². The molecule has 3 N–H and O–H groups in total. The second kappa shape index (κ2) is 10.4. The first-order valence-electron chi connectivity index (χ1n) is 10.7. The predicted octanol–water partition coefficient (Wildman–Crippen LogP) is 5.45. The molecular formula is C25H25NO5S3. The summed E-state index contributed by atoms with van der Waals surface area (Å²) < 4.78 is 31.2. The Morgan fingerprint density at radius 1 is 0.912 bits per heavy atom. The lowest BCUT2D eigenvalue weighted by molar-refractivity contribution is 0.475. The van der Waals surface area contributed by atoms with Crippen LogP contribution in [0.1, 0.15) is 23.1 Å². The van der Waals surface area contributed by atoms with Gasteiger partial charge in [-0.2, -0.15) is 21.0 Å². The Hall–Kier alpha value is -2.59. The zero-order chi connectivity index (χ0) is 24.3. The molecule has 0 unspecified atom stereocenters. The number of nitrogens with zero attached hydrogens (tertiary/aromatic N) is 1. The number of thiol groups is 1. The molecule has 9 heteroatoms. The summed E-state index contributed by atoms with van der Waals surface area (Å²) in [6, 6.07) is 20.5. The molecule has 178 valence electrons.